The van der Waals surface area contributed by atoms with E-state index in [9.17, 15) is 9.18 Å². The lowest BCUT2D eigenvalue weighted by molar-refractivity contribution is -0.133. The van der Waals surface area contributed by atoms with Gasteiger partial charge < -0.3 is 19.7 Å². The van der Waals surface area contributed by atoms with Crippen molar-refractivity contribution in [1.82, 2.24) is 19.8 Å². The van der Waals surface area contributed by atoms with Gasteiger partial charge in [-0.25, -0.2) is 9.37 Å². The maximum atomic E-state index is 14.6. The molecule has 2 saturated heterocycles. The molecule has 8 heteroatoms. The summed E-state index contributed by atoms with van der Waals surface area (Å²) in [5.74, 6) is -0.0921. The van der Waals surface area contributed by atoms with Crippen molar-refractivity contribution in [2.45, 2.75) is 44.8 Å². The van der Waals surface area contributed by atoms with Gasteiger partial charge in [0.05, 0.1) is 29.4 Å². The number of aromatic nitrogens is 2. The number of amides is 1. The number of piperazine rings is 1. The number of nitrogens with one attached hydrogen (secondary N) is 1. The van der Waals surface area contributed by atoms with Gasteiger partial charge in [-0.2, -0.15) is 0 Å². The maximum Gasteiger partial charge on any atom is 0.239 e. The van der Waals surface area contributed by atoms with Gasteiger partial charge in [0, 0.05) is 41.9 Å². The normalized spacial score (nSPS) is 22.2. The summed E-state index contributed by atoms with van der Waals surface area (Å²) in [5, 5.41) is 3.70. The topological polar surface area (TPSA) is 53.4 Å². The second-order valence-electron chi connectivity index (χ2n) is 9.14. The Morgan fingerprint density at radius 1 is 1.24 bits per heavy atom. The molecule has 3 aromatic rings. The van der Waals surface area contributed by atoms with E-state index in [2.05, 4.69) is 34.3 Å². The molecule has 2 aliphatic heterocycles. The van der Waals surface area contributed by atoms with Crippen molar-refractivity contribution >= 4 is 34.2 Å². The zero-order valence-electron chi connectivity index (χ0n) is 19.0. The van der Waals surface area contributed by atoms with Crippen LogP contribution in [0.5, 0.6) is 0 Å². The highest BCUT2D eigenvalue weighted by molar-refractivity contribution is 6.30. The summed E-state index contributed by atoms with van der Waals surface area (Å²) in [4.78, 5) is 21.7. The molecule has 0 aliphatic carbocycles. The molecule has 0 radical (unpaired) electrons. The Labute approximate surface area is 198 Å². The second kappa shape index (κ2) is 8.95. The molecule has 2 aliphatic rings. The number of halogens is 2. The highest BCUT2D eigenvalue weighted by atomic mass is 35.5. The van der Waals surface area contributed by atoms with Crippen LogP contribution in [0.2, 0.25) is 5.02 Å². The SMILES string of the molecule is CC1CN(C(=O)C2CCCN2)CCN1c1ccc2ncn(C(C)c3ccc(Cl)cc3F)c2c1. The van der Waals surface area contributed by atoms with E-state index >= 15 is 0 Å². The van der Waals surface area contributed by atoms with Crippen LogP contribution in [0.25, 0.3) is 11.0 Å². The molecule has 1 aromatic heterocycles. The summed E-state index contributed by atoms with van der Waals surface area (Å²) in [5.41, 5.74) is 3.49. The van der Waals surface area contributed by atoms with Crippen molar-refractivity contribution < 1.29 is 9.18 Å². The molecule has 5 rings (SSSR count). The van der Waals surface area contributed by atoms with E-state index in [1.54, 1.807) is 18.5 Å². The lowest BCUT2D eigenvalue weighted by Crippen LogP contribution is -2.56. The largest absolute Gasteiger partial charge is 0.365 e. The summed E-state index contributed by atoms with van der Waals surface area (Å²) >= 11 is 5.94. The lowest BCUT2D eigenvalue weighted by atomic mass is 10.1. The van der Waals surface area contributed by atoms with Crippen LogP contribution in [0.1, 0.15) is 38.3 Å². The van der Waals surface area contributed by atoms with Crippen molar-refractivity contribution in [3.8, 4) is 0 Å². The van der Waals surface area contributed by atoms with E-state index in [0.29, 0.717) is 23.7 Å². The van der Waals surface area contributed by atoms with Crippen molar-refractivity contribution in [3.63, 3.8) is 0 Å². The van der Waals surface area contributed by atoms with Gasteiger partial charge in [0.1, 0.15) is 5.82 Å². The average molecular weight is 470 g/mol. The Morgan fingerprint density at radius 3 is 2.82 bits per heavy atom. The number of hydrogen-bond acceptors (Lipinski definition) is 4. The molecule has 1 amide bonds. The van der Waals surface area contributed by atoms with Crippen LogP contribution in [0.15, 0.2) is 42.7 Å². The predicted octanol–water partition coefficient (Wildman–Crippen LogP) is 4.23. The number of carbonyl (C=O) groups is 1. The van der Waals surface area contributed by atoms with Crippen LogP contribution in [0, 0.1) is 5.82 Å². The Morgan fingerprint density at radius 2 is 2.09 bits per heavy atom. The van der Waals surface area contributed by atoms with Gasteiger partial charge >= 0.3 is 0 Å². The smallest absolute Gasteiger partial charge is 0.239 e. The Kier molecular flexibility index (Phi) is 6.01. The van der Waals surface area contributed by atoms with Crippen molar-refractivity contribution in [1.29, 1.82) is 0 Å². The van der Waals surface area contributed by atoms with Crippen LogP contribution < -0.4 is 10.2 Å². The monoisotopic (exact) mass is 469 g/mol. The van der Waals surface area contributed by atoms with Crippen molar-refractivity contribution in [2.24, 2.45) is 0 Å². The minimum absolute atomic E-state index is 0.0239. The summed E-state index contributed by atoms with van der Waals surface area (Å²) < 4.78 is 16.6. The molecule has 2 aromatic carbocycles. The van der Waals surface area contributed by atoms with E-state index in [-0.39, 0.29) is 29.8 Å². The molecular weight excluding hydrogens is 441 g/mol. The minimum Gasteiger partial charge on any atom is -0.365 e. The zero-order valence-corrected chi connectivity index (χ0v) is 19.7. The van der Waals surface area contributed by atoms with Gasteiger partial charge in [0.25, 0.3) is 0 Å². The van der Waals surface area contributed by atoms with E-state index in [1.165, 1.54) is 6.07 Å². The number of imidazole rings is 1. The van der Waals surface area contributed by atoms with Crippen LogP contribution in [-0.4, -0.2) is 58.6 Å². The van der Waals surface area contributed by atoms with Crippen LogP contribution in [0.4, 0.5) is 10.1 Å². The highest BCUT2D eigenvalue weighted by Gasteiger charge is 2.32. The number of anilines is 1. The first-order valence-corrected chi connectivity index (χ1v) is 12.0. The fraction of sp³-hybridized carbons (Fsp3) is 0.440. The van der Waals surface area contributed by atoms with Crippen molar-refractivity contribution in [2.75, 3.05) is 31.1 Å². The first kappa shape index (κ1) is 22.2. The number of carbonyl (C=O) groups excluding carboxylic acids is 1. The number of fused-ring (bicyclic) bond motifs is 1. The molecule has 0 spiro atoms. The molecule has 3 atom stereocenters. The van der Waals surface area contributed by atoms with Crippen LogP contribution >= 0.6 is 11.6 Å². The molecule has 3 heterocycles. The molecule has 3 unspecified atom stereocenters. The van der Waals surface area contributed by atoms with Crippen molar-refractivity contribution in [3.05, 3.63) is 59.1 Å². The van der Waals surface area contributed by atoms with Gasteiger partial charge in [-0.05, 0) is 63.6 Å². The molecule has 2 fully saturated rings. The quantitative estimate of drug-likeness (QED) is 0.621. The van der Waals surface area contributed by atoms with E-state index in [0.717, 1.165) is 42.7 Å². The second-order valence-corrected chi connectivity index (χ2v) is 9.58. The first-order valence-electron chi connectivity index (χ1n) is 11.6. The van der Waals surface area contributed by atoms with Gasteiger partial charge in [-0.15, -0.1) is 0 Å². The molecular formula is C25H29ClFN5O. The third-order valence-electron chi connectivity index (χ3n) is 7.02. The third-order valence-corrected chi connectivity index (χ3v) is 7.25. The Bertz CT molecular complexity index is 1170. The summed E-state index contributed by atoms with van der Waals surface area (Å²) in [6, 6.07) is 11.0. The number of rotatable bonds is 4. The number of hydrogen-bond donors (Lipinski definition) is 1. The molecule has 6 nitrogen and oxygen atoms in total. The summed E-state index contributed by atoms with van der Waals surface area (Å²) in [6.45, 7) is 7.25. The van der Waals surface area contributed by atoms with Gasteiger partial charge in [-0.1, -0.05) is 17.7 Å². The predicted molar refractivity (Wildman–Crippen MR) is 129 cm³/mol. The number of benzene rings is 2. The van der Waals surface area contributed by atoms with Crippen LogP contribution in [-0.2, 0) is 4.79 Å². The fourth-order valence-corrected chi connectivity index (χ4v) is 5.31. The fourth-order valence-electron chi connectivity index (χ4n) is 5.15. The molecule has 33 heavy (non-hydrogen) atoms. The average Bonchev–Trinajstić information content (AvgIpc) is 3.48. The Hall–Kier alpha value is -2.64. The zero-order chi connectivity index (χ0) is 23.1. The molecule has 174 valence electrons. The molecule has 0 bridgehead atoms. The first-order chi connectivity index (χ1) is 15.9. The van der Waals surface area contributed by atoms with Gasteiger partial charge in [0.2, 0.25) is 5.91 Å². The lowest BCUT2D eigenvalue weighted by Gasteiger charge is -2.42. The molecule has 1 N–H and O–H groups in total. The standard InChI is InChI=1S/C25H29ClFN5O/c1-16-14-30(25(33)23-4-3-9-28-23)10-11-31(16)19-6-8-22-24(13-19)32(15-29-22)17(2)20-7-5-18(26)12-21(20)27/h5-8,12-13,15-17,23,28H,3-4,9-11,14H2,1-2H3. The number of nitrogens with zero attached hydrogens (tertiary/aromatic N) is 4. The maximum absolute atomic E-state index is 14.6. The Balaban J connectivity index is 1.38. The highest BCUT2D eigenvalue weighted by Crippen LogP contribution is 2.30. The minimum atomic E-state index is -0.320. The van der Waals surface area contributed by atoms with Gasteiger partial charge in [-0.3, -0.25) is 4.79 Å². The van der Waals surface area contributed by atoms with Gasteiger partial charge in [0.15, 0.2) is 0 Å². The van der Waals surface area contributed by atoms with Crippen LogP contribution in [0.3, 0.4) is 0 Å². The summed E-state index contributed by atoms with van der Waals surface area (Å²) in [7, 11) is 0. The third kappa shape index (κ3) is 4.20. The van der Waals surface area contributed by atoms with E-state index in [4.69, 9.17) is 11.6 Å². The van der Waals surface area contributed by atoms with E-state index in [1.807, 2.05) is 22.5 Å². The summed E-state index contributed by atoms with van der Waals surface area (Å²) in [6.07, 6.45) is 3.76. The van der Waals surface area contributed by atoms with E-state index < -0.39 is 0 Å². The molecule has 0 saturated carbocycles.